The first-order valence-electron chi connectivity index (χ1n) is 15.8. The van der Waals surface area contributed by atoms with Gasteiger partial charge in [-0.1, -0.05) is 31.0 Å². The fourth-order valence-electron chi connectivity index (χ4n) is 6.06. The van der Waals surface area contributed by atoms with Gasteiger partial charge in [-0.3, -0.25) is 4.99 Å². The van der Waals surface area contributed by atoms with Crippen molar-refractivity contribution in [1.29, 1.82) is 0 Å². The second-order valence-electron chi connectivity index (χ2n) is 12.1. The molecule has 242 valence electrons. The van der Waals surface area contributed by atoms with Crippen LogP contribution in [0.5, 0.6) is 5.75 Å². The molecule has 1 aliphatic heterocycles. The molecule has 1 unspecified atom stereocenters. The highest BCUT2D eigenvalue weighted by Gasteiger charge is 2.27. The highest BCUT2D eigenvalue weighted by molar-refractivity contribution is 7.91. The van der Waals surface area contributed by atoms with Crippen LogP contribution in [0.4, 0.5) is 17.6 Å². The quantitative estimate of drug-likeness (QED) is 0.133. The van der Waals surface area contributed by atoms with Gasteiger partial charge in [-0.25, -0.2) is 12.8 Å². The summed E-state index contributed by atoms with van der Waals surface area (Å²) in [4.78, 5) is 6.56. The molecule has 1 N–H and O–H groups in total. The van der Waals surface area contributed by atoms with Crippen molar-refractivity contribution in [3.63, 3.8) is 0 Å². The van der Waals surface area contributed by atoms with E-state index >= 15 is 0 Å². The molecule has 2 aromatic rings. The highest BCUT2D eigenvalue weighted by Crippen LogP contribution is 2.39. The lowest BCUT2D eigenvalue weighted by molar-refractivity contribution is -0.134. The van der Waals surface area contributed by atoms with Crippen LogP contribution in [-0.2, 0) is 16.3 Å². The number of hydrogen-bond donors (Lipinski definition) is 1. The number of phenols is 1. The van der Waals surface area contributed by atoms with Crippen molar-refractivity contribution in [2.45, 2.75) is 89.3 Å². The van der Waals surface area contributed by atoms with Crippen molar-refractivity contribution in [3.05, 3.63) is 65.0 Å². The third-order valence-corrected chi connectivity index (χ3v) is 10.2. The van der Waals surface area contributed by atoms with Crippen molar-refractivity contribution in [1.82, 2.24) is 4.90 Å². The maximum Gasteiger partial charge on any atom is 0.389 e. The molecule has 4 rings (SSSR count). The molecule has 0 radical (unpaired) electrons. The van der Waals surface area contributed by atoms with Gasteiger partial charge in [0.05, 0.1) is 17.5 Å². The van der Waals surface area contributed by atoms with E-state index in [2.05, 4.69) is 9.89 Å². The third-order valence-electron chi connectivity index (χ3n) is 8.40. The first-order chi connectivity index (χ1) is 21.0. The van der Waals surface area contributed by atoms with E-state index in [1.165, 1.54) is 28.8 Å². The van der Waals surface area contributed by atoms with Crippen molar-refractivity contribution in [2.75, 3.05) is 31.1 Å². The molecule has 0 spiro atoms. The van der Waals surface area contributed by atoms with Crippen LogP contribution in [-0.4, -0.2) is 68.0 Å². The molecule has 1 heterocycles. The Morgan fingerprint density at radius 3 is 2.27 bits per heavy atom. The molecule has 0 saturated heterocycles. The van der Waals surface area contributed by atoms with Gasteiger partial charge in [0.25, 0.3) is 0 Å². The molecule has 2 aliphatic rings. The molecular weight excluding hydrogens is 592 g/mol. The molecule has 2 aromatic carbocycles. The largest absolute Gasteiger partial charge is 0.508 e. The fourth-order valence-corrected chi connectivity index (χ4v) is 7.49. The second kappa shape index (κ2) is 16.0. The summed E-state index contributed by atoms with van der Waals surface area (Å²) in [6.07, 6.45) is 5.08. The minimum absolute atomic E-state index is 0.0723. The number of aryl methyl sites for hydroxylation is 1. The first kappa shape index (κ1) is 34.2. The van der Waals surface area contributed by atoms with E-state index in [1.54, 1.807) is 6.07 Å². The summed E-state index contributed by atoms with van der Waals surface area (Å²) < 4.78 is 74.9. The molecule has 1 atom stereocenters. The summed E-state index contributed by atoms with van der Waals surface area (Å²) in [5.74, 6) is -0.460. The zero-order valence-electron chi connectivity index (χ0n) is 25.3. The average Bonchev–Trinajstić information content (AvgIpc) is 3.79. The second-order valence-corrected chi connectivity index (χ2v) is 14.4. The number of phenolic OH excluding ortho intramolecular Hbond substituents is 1. The maximum absolute atomic E-state index is 13.7. The predicted molar refractivity (Wildman–Crippen MR) is 169 cm³/mol. The number of benzene rings is 2. The standard InChI is InChI=1S/C34H44F4N2O3S/c35-28-14-12-26(13-15-28)31-11-7-9-27-23-30(41)16-17-32(27)33(31)10-3-1-2-4-19-40(25-29-24-39-29)20-5-6-21-44(42,43)22-8-18-34(36,37)38/h12-17,23-24,29,41H,1-11,18-22,25H2. The van der Waals surface area contributed by atoms with Gasteiger partial charge in [-0.05, 0) is 123 Å². The highest BCUT2D eigenvalue weighted by atomic mass is 32.2. The lowest BCUT2D eigenvalue weighted by Gasteiger charge is -2.22. The van der Waals surface area contributed by atoms with Crippen LogP contribution in [0.1, 0.15) is 87.3 Å². The number of hydrogen-bond acceptors (Lipinski definition) is 5. The number of alkyl halides is 3. The number of allylic oxidation sites excluding steroid dienone is 2. The van der Waals surface area contributed by atoms with Crippen LogP contribution in [0, 0.1) is 5.82 Å². The number of fused-ring (bicyclic) bond motifs is 1. The van der Waals surface area contributed by atoms with Gasteiger partial charge < -0.3 is 10.0 Å². The van der Waals surface area contributed by atoms with E-state index in [0.29, 0.717) is 12.8 Å². The Morgan fingerprint density at radius 1 is 0.886 bits per heavy atom. The fraction of sp³-hybridized carbons (Fsp3) is 0.559. The number of nitrogens with zero attached hydrogens (tertiary/aromatic N) is 2. The smallest absolute Gasteiger partial charge is 0.389 e. The zero-order chi connectivity index (χ0) is 31.6. The van der Waals surface area contributed by atoms with Crippen LogP contribution < -0.4 is 0 Å². The summed E-state index contributed by atoms with van der Waals surface area (Å²) in [5, 5.41) is 10.1. The predicted octanol–water partition coefficient (Wildman–Crippen LogP) is 8.02. The Hall–Kier alpha value is -2.72. The molecule has 0 bridgehead atoms. The molecule has 0 amide bonds. The topological polar surface area (TPSA) is 70.0 Å². The molecule has 0 saturated carbocycles. The Kier molecular flexibility index (Phi) is 12.4. The number of unbranched alkanes of at least 4 members (excludes halogenated alkanes) is 4. The van der Waals surface area contributed by atoms with Gasteiger partial charge in [0.2, 0.25) is 0 Å². The van der Waals surface area contributed by atoms with E-state index < -0.39 is 28.2 Å². The number of aromatic hydroxyl groups is 1. The minimum atomic E-state index is -4.32. The third kappa shape index (κ3) is 11.7. The molecule has 0 aromatic heterocycles. The SMILES string of the molecule is O=S(=O)(CCCCN(CCCCCCC1=C(c2ccc(F)cc2)CCCc2cc(O)ccc21)CC1C=N1)CCCC(F)(F)F. The van der Waals surface area contributed by atoms with Gasteiger partial charge in [0, 0.05) is 19.2 Å². The van der Waals surface area contributed by atoms with Crippen LogP contribution in [0.25, 0.3) is 11.1 Å². The summed E-state index contributed by atoms with van der Waals surface area (Å²) in [6.45, 7) is 2.45. The molecule has 10 heteroatoms. The van der Waals surface area contributed by atoms with Crippen LogP contribution in [0.3, 0.4) is 0 Å². The Morgan fingerprint density at radius 2 is 1.57 bits per heavy atom. The van der Waals surface area contributed by atoms with Gasteiger partial charge in [-0.15, -0.1) is 0 Å². The Bertz CT molecular complexity index is 1380. The average molecular weight is 637 g/mol. The van der Waals surface area contributed by atoms with Gasteiger partial charge >= 0.3 is 6.18 Å². The molecule has 0 fully saturated rings. The summed E-state index contributed by atoms with van der Waals surface area (Å²) in [5.41, 5.74) is 5.92. The zero-order valence-corrected chi connectivity index (χ0v) is 26.1. The molecular formula is C34H44F4N2O3S. The number of sulfone groups is 1. The monoisotopic (exact) mass is 636 g/mol. The van der Waals surface area contributed by atoms with Crippen molar-refractivity contribution >= 4 is 27.2 Å². The number of rotatable bonds is 18. The van der Waals surface area contributed by atoms with E-state index in [4.69, 9.17) is 0 Å². The van der Waals surface area contributed by atoms with Crippen molar-refractivity contribution < 1.29 is 31.1 Å². The van der Waals surface area contributed by atoms with Crippen LogP contribution >= 0.6 is 0 Å². The lowest BCUT2D eigenvalue weighted by Crippen LogP contribution is -2.31. The summed E-state index contributed by atoms with van der Waals surface area (Å²) in [7, 11) is -3.47. The number of aliphatic imine (C=N–C) groups is 1. The number of halogens is 4. The van der Waals surface area contributed by atoms with Gasteiger partial charge in [0.1, 0.15) is 21.4 Å². The van der Waals surface area contributed by atoms with Crippen molar-refractivity contribution in [2.24, 2.45) is 4.99 Å². The normalized spacial score (nSPS) is 16.8. The first-order valence-corrected chi connectivity index (χ1v) is 17.6. The van der Waals surface area contributed by atoms with E-state index in [-0.39, 0.29) is 29.8 Å². The molecule has 5 nitrogen and oxygen atoms in total. The van der Waals surface area contributed by atoms with Crippen molar-refractivity contribution in [3.8, 4) is 5.75 Å². The van der Waals surface area contributed by atoms with Crippen LogP contribution in [0.2, 0.25) is 0 Å². The summed E-state index contributed by atoms with van der Waals surface area (Å²) >= 11 is 0. The van der Waals surface area contributed by atoms with Gasteiger partial charge in [-0.2, -0.15) is 13.2 Å². The van der Waals surface area contributed by atoms with E-state index in [1.807, 2.05) is 30.5 Å². The van der Waals surface area contributed by atoms with E-state index in [0.717, 1.165) is 82.1 Å². The Labute approximate surface area is 259 Å². The van der Waals surface area contributed by atoms with E-state index in [9.17, 15) is 31.1 Å². The van der Waals surface area contributed by atoms with Gasteiger partial charge in [0.15, 0.2) is 0 Å². The molecule has 44 heavy (non-hydrogen) atoms. The molecule has 1 aliphatic carbocycles. The Balaban J connectivity index is 1.24. The van der Waals surface area contributed by atoms with Crippen LogP contribution in [0.15, 0.2) is 47.5 Å². The maximum atomic E-state index is 13.7. The summed E-state index contributed by atoms with van der Waals surface area (Å²) in [6, 6.07) is 12.6. The minimum Gasteiger partial charge on any atom is -0.508 e. The lowest BCUT2D eigenvalue weighted by atomic mass is 9.89.